The normalized spacial score (nSPS) is 24.9. The predicted molar refractivity (Wildman–Crippen MR) is 100 cm³/mol. The lowest BCUT2D eigenvalue weighted by Crippen LogP contribution is -2.58. The Morgan fingerprint density at radius 3 is 1.76 bits per heavy atom. The van der Waals surface area contributed by atoms with Crippen LogP contribution in [0.2, 0.25) is 0 Å². The van der Waals surface area contributed by atoms with Gasteiger partial charge in [-0.2, -0.15) is 0 Å². The summed E-state index contributed by atoms with van der Waals surface area (Å²) in [6.07, 6.45) is -2.32. The van der Waals surface area contributed by atoms with Gasteiger partial charge in [0.25, 0.3) is 0 Å². The molecule has 4 atom stereocenters. The van der Waals surface area contributed by atoms with Crippen LogP contribution in [0.15, 0.2) is 11.8 Å². The van der Waals surface area contributed by atoms with Gasteiger partial charge in [-0.1, -0.05) is 27.7 Å². The van der Waals surface area contributed by atoms with Crippen molar-refractivity contribution in [1.29, 1.82) is 0 Å². The fraction of sp³-hybridized carbons (Fsp3) is 0.700. The third-order valence-corrected chi connectivity index (χ3v) is 4.20. The molecule has 164 valence electrons. The molecule has 0 aliphatic carbocycles. The molecular formula is C20H30O9. The Balaban J connectivity index is 3.30. The van der Waals surface area contributed by atoms with E-state index in [-0.39, 0.29) is 38.0 Å². The van der Waals surface area contributed by atoms with Crippen molar-refractivity contribution in [2.45, 2.75) is 84.7 Å². The SMILES string of the molecule is C/C=C1/O[C@H](COC(=O)CC)[C@H](OC(=O)CC)[C@H](OC(=O)CC)[C@H]1OC(=O)CC. The zero-order chi connectivity index (χ0) is 22.0. The fourth-order valence-corrected chi connectivity index (χ4v) is 2.59. The maximum absolute atomic E-state index is 12.0. The summed E-state index contributed by atoms with van der Waals surface area (Å²) in [5.74, 6) is -1.90. The van der Waals surface area contributed by atoms with E-state index in [9.17, 15) is 19.2 Å². The van der Waals surface area contributed by atoms with E-state index in [1.807, 2.05) is 0 Å². The highest BCUT2D eigenvalue weighted by molar-refractivity contribution is 5.71. The lowest BCUT2D eigenvalue weighted by Gasteiger charge is -2.42. The van der Waals surface area contributed by atoms with Gasteiger partial charge in [-0.3, -0.25) is 19.2 Å². The molecule has 1 rings (SSSR count). The molecule has 0 aromatic rings. The van der Waals surface area contributed by atoms with Crippen molar-refractivity contribution in [3.63, 3.8) is 0 Å². The summed E-state index contributed by atoms with van der Waals surface area (Å²) in [5.41, 5.74) is 0. The van der Waals surface area contributed by atoms with Gasteiger partial charge in [-0.15, -0.1) is 0 Å². The van der Waals surface area contributed by atoms with Crippen molar-refractivity contribution < 1.29 is 42.9 Å². The molecule has 0 aromatic carbocycles. The van der Waals surface area contributed by atoms with Crippen LogP contribution in [0.3, 0.4) is 0 Å². The summed E-state index contributed by atoms with van der Waals surface area (Å²) in [7, 11) is 0. The molecule has 9 heteroatoms. The summed E-state index contributed by atoms with van der Waals surface area (Å²) in [6.45, 7) is 7.92. The van der Waals surface area contributed by atoms with Gasteiger partial charge in [0.05, 0.1) is 0 Å². The largest absolute Gasteiger partial charge is 0.483 e. The highest BCUT2D eigenvalue weighted by Gasteiger charge is 2.50. The van der Waals surface area contributed by atoms with E-state index < -0.39 is 48.3 Å². The Morgan fingerprint density at radius 1 is 0.793 bits per heavy atom. The van der Waals surface area contributed by atoms with Gasteiger partial charge in [0.15, 0.2) is 24.4 Å². The number of carbonyl (C=O) groups excluding carboxylic acids is 4. The van der Waals surface area contributed by atoms with Gasteiger partial charge < -0.3 is 23.7 Å². The van der Waals surface area contributed by atoms with E-state index >= 15 is 0 Å². The van der Waals surface area contributed by atoms with E-state index in [4.69, 9.17) is 23.7 Å². The molecular weight excluding hydrogens is 384 g/mol. The predicted octanol–water partition coefficient (Wildman–Crippen LogP) is 2.21. The van der Waals surface area contributed by atoms with Crippen molar-refractivity contribution in [2.24, 2.45) is 0 Å². The lowest BCUT2D eigenvalue weighted by atomic mass is 9.96. The standard InChI is InChI=1S/C20H30O9/c1-6-12-18(27-15(22)8-3)20(29-17(24)10-5)19(28-16(23)9-4)13(26-12)11-25-14(21)7-2/h6,13,18-20H,7-11H2,1-5H3/b12-6+/t13-,18+,19+,20-/m1/s1. The highest BCUT2D eigenvalue weighted by atomic mass is 16.7. The van der Waals surface area contributed by atoms with Gasteiger partial charge in [0.1, 0.15) is 12.4 Å². The molecule has 0 unspecified atom stereocenters. The molecule has 1 fully saturated rings. The number of carbonyl (C=O) groups is 4. The van der Waals surface area contributed by atoms with Gasteiger partial charge in [-0.25, -0.2) is 0 Å². The third-order valence-electron chi connectivity index (χ3n) is 4.20. The van der Waals surface area contributed by atoms with E-state index in [0.29, 0.717) is 0 Å². The topological polar surface area (TPSA) is 114 Å². The van der Waals surface area contributed by atoms with Crippen LogP contribution in [0.1, 0.15) is 60.3 Å². The van der Waals surface area contributed by atoms with Crippen LogP contribution in [-0.4, -0.2) is 54.9 Å². The average molecular weight is 414 g/mol. The monoisotopic (exact) mass is 414 g/mol. The third kappa shape index (κ3) is 7.07. The van der Waals surface area contributed by atoms with Crippen molar-refractivity contribution >= 4 is 23.9 Å². The number of ether oxygens (including phenoxy) is 5. The molecule has 0 N–H and O–H groups in total. The average Bonchev–Trinajstić information content (AvgIpc) is 2.73. The molecule has 1 aliphatic rings. The van der Waals surface area contributed by atoms with E-state index in [0.717, 1.165) is 0 Å². The van der Waals surface area contributed by atoms with Crippen LogP contribution < -0.4 is 0 Å². The molecule has 0 amide bonds. The summed E-state index contributed by atoms with van der Waals surface area (Å²) in [4.78, 5) is 47.6. The summed E-state index contributed by atoms with van der Waals surface area (Å²) >= 11 is 0. The summed E-state index contributed by atoms with van der Waals surface area (Å²) in [5, 5.41) is 0. The van der Waals surface area contributed by atoms with Crippen LogP contribution in [0.5, 0.6) is 0 Å². The van der Waals surface area contributed by atoms with Crippen molar-refractivity contribution in [1.82, 2.24) is 0 Å². The van der Waals surface area contributed by atoms with Gasteiger partial charge >= 0.3 is 23.9 Å². The first kappa shape index (κ1) is 24.5. The Kier molecular flexibility index (Phi) is 10.2. The number of hydrogen-bond donors (Lipinski definition) is 0. The molecule has 1 saturated heterocycles. The molecule has 0 radical (unpaired) electrons. The smallest absolute Gasteiger partial charge is 0.306 e. The van der Waals surface area contributed by atoms with Gasteiger partial charge in [0.2, 0.25) is 0 Å². The second-order valence-electron chi connectivity index (χ2n) is 6.26. The van der Waals surface area contributed by atoms with Crippen LogP contribution >= 0.6 is 0 Å². The first-order valence-electron chi connectivity index (χ1n) is 9.87. The molecule has 0 bridgehead atoms. The maximum Gasteiger partial charge on any atom is 0.306 e. The first-order chi connectivity index (χ1) is 13.8. The second-order valence-corrected chi connectivity index (χ2v) is 6.26. The first-order valence-corrected chi connectivity index (χ1v) is 9.87. The molecule has 0 saturated carbocycles. The second kappa shape index (κ2) is 12.1. The Labute approximate surface area is 170 Å². The number of rotatable bonds is 9. The molecule has 0 spiro atoms. The quantitative estimate of drug-likeness (QED) is 0.414. The van der Waals surface area contributed by atoms with Crippen LogP contribution in [0, 0.1) is 0 Å². The van der Waals surface area contributed by atoms with Crippen molar-refractivity contribution in [3.05, 3.63) is 11.8 Å². The van der Waals surface area contributed by atoms with Crippen LogP contribution in [0.25, 0.3) is 0 Å². The Hall–Kier alpha value is -2.58. The summed E-state index contributed by atoms with van der Waals surface area (Å²) < 4.78 is 27.4. The minimum Gasteiger partial charge on any atom is -0.483 e. The fourth-order valence-electron chi connectivity index (χ4n) is 2.59. The molecule has 1 heterocycles. The minimum atomic E-state index is -1.14. The molecule has 9 nitrogen and oxygen atoms in total. The van der Waals surface area contributed by atoms with Crippen LogP contribution in [0.4, 0.5) is 0 Å². The minimum absolute atomic E-state index is 0.0703. The zero-order valence-electron chi connectivity index (χ0n) is 17.6. The van der Waals surface area contributed by atoms with Crippen molar-refractivity contribution in [2.75, 3.05) is 6.61 Å². The Morgan fingerprint density at radius 2 is 1.28 bits per heavy atom. The molecule has 1 aliphatic heterocycles. The molecule has 0 aromatic heterocycles. The number of hydrogen-bond acceptors (Lipinski definition) is 9. The number of allylic oxidation sites excluding steroid dienone is 1. The summed E-state index contributed by atoms with van der Waals surface area (Å²) in [6, 6.07) is 0. The number of esters is 4. The molecule has 29 heavy (non-hydrogen) atoms. The van der Waals surface area contributed by atoms with Crippen LogP contribution in [-0.2, 0) is 42.9 Å². The van der Waals surface area contributed by atoms with E-state index in [1.165, 1.54) is 0 Å². The van der Waals surface area contributed by atoms with Gasteiger partial charge in [-0.05, 0) is 13.0 Å². The van der Waals surface area contributed by atoms with E-state index in [1.54, 1.807) is 40.7 Å². The maximum atomic E-state index is 12.0. The highest BCUT2D eigenvalue weighted by Crippen LogP contribution is 2.31. The van der Waals surface area contributed by atoms with E-state index in [2.05, 4.69) is 0 Å². The zero-order valence-corrected chi connectivity index (χ0v) is 17.6. The Bertz CT molecular complexity index is 625. The van der Waals surface area contributed by atoms with Crippen molar-refractivity contribution in [3.8, 4) is 0 Å². The van der Waals surface area contributed by atoms with Gasteiger partial charge in [0, 0.05) is 25.7 Å². The lowest BCUT2D eigenvalue weighted by molar-refractivity contribution is -0.217.